The Morgan fingerprint density at radius 3 is 2.38 bits per heavy atom. The van der Waals surface area contributed by atoms with Gasteiger partial charge in [-0.25, -0.2) is 0 Å². The maximum absolute atomic E-state index is 13.9. The fourth-order valence-electron chi connectivity index (χ4n) is 5.93. The first-order valence-corrected chi connectivity index (χ1v) is 17.0. The minimum atomic E-state index is -1.20. The number of nitrogens with zero attached hydrogens (tertiary/aromatic N) is 2. The summed E-state index contributed by atoms with van der Waals surface area (Å²) < 4.78 is 0. The Kier molecular flexibility index (Phi) is 18.5. The smallest absolute Gasteiger partial charge is 0.243 e. The number of unbranched alkanes of at least 4 members (excludes halogenated alkanes) is 1. The van der Waals surface area contributed by atoms with Gasteiger partial charge in [0.15, 0.2) is 0 Å². The molecular weight excluding hydrogens is 592 g/mol. The molecule has 47 heavy (non-hydrogen) atoms. The first-order valence-electron chi connectivity index (χ1n) is 17.0. The standard InChI is InChI=1S/C38H56N4O5/c1-6-8-12-22-32(38(47)40-33(27-30-20-16-11-17-21-30)36(45)34(43)23-13-9-7-2)39-37(46)31(26-29-18-14-10-15-19-29)28-35(44)42(5)25-24-41(3)4/h2,6,10,14-15,18-19,30-34,36,43,45H,1,9,11,13,16-17,20-28H2,3-5H3,(H,39,46)(H,40,47)/t31-,32+,33+,34+,36-/m1/s1. The van der Waals surface area contributed by atoms with E-state index in [2.05, 4.69) is 35.0 Å². The van der Waals surface area contributed by atoms with E-state index in [1.54, 1.807) is 11.9 Å². The van der Waals surface area contributed by atoms with Gasteiger partial charge in [0.05, 0.1) is 24.2 Å². The zero-order valence-electron chi connectivity index (χ0n) is 28.6. The Labute approximate surface area is 282 Å². The number of rotatable bonds is 19. The highest BCUT2D eigenvalue weighted by Gasteiger charge is 2.34. The normalized spacial score (nSPS) is 16.4. The number of carbonyl (C=O) groups is 3. The van der Waals surface area contributed by atoms with Crippen molar-refractivity contribution in [2.24, 2.45) is 11.8 Å². The molecule has 0 unspecified atom stereocenters. The number of aliphatic hydroxyl groups is 2. The number of benzene rings is 1. The van der Waals surface area contributed by atoms with E-state index in [1.807, 2.05) is 49.3 Å². The number of carbonyl (C=O) groups excluding carboxylic acids is 3. The molecule has 1 aliphatic carbocycles. The predicted octanol–water partition coefficient (Wildman–Crippen LogP) is 3.30. The van der Waals surface area contributed by atoms with Crippen LogP contribution in [0.15, 0.2) is 43.0 Å². The van der Waals surface area contributed by atoms with Crippen LogP contribution in [0.4, 0.5) is 0 Å². The van der Waals surface area contributed by atoms with Gasteiger partial charge in [-0.05, 0) is 57.3 Å². The van der Waals surface area contributed by atoms with E-state index in [9.17, 15) is 24.6 Å². The minimum absolute atomic E-state index is 0.00923. The number of hydrogen-bond donors (Lipinski definition) is 4. The van der Waals surface area contributed by atoms with Gasteiger partial charge in [-0.2, -0.15) is 0 Å². The van der Waals surface area contributed by atoms with Gasteiger partial charge in [0.2, 0.25) is 17.7 Å². The van der Waals surface area contributed by atoms with Crippen LogP contribution < -0.4 is 10.6 Å². The van der Waals surface area contributed by atoms with E-state index in [1.165, 1.54) is 12.5 Å². The molecule has 258 valence electrons. The molecule has 0 spiro atoms. The Morgan fingerprint density at radius 1 is 1.04 bits per heavy atom. The molecule has 9 heteroatoms. The average molecular weight is 649 g/mol. The zero-order valence-corrected chi connectivity index (χ0v) is 28.6. The van der Waals surface area contributed by atoms with E-state index < -0.39 is 42.0 Å². The zero-order chi connectivity index (χ0) is 34.6. The van der Waals surface area contributed by atoms with Gasteiger partial charge < -0.3 is 30.6 Å². The third-order valence-electron chi connectivity index (χ3n) is 8.84. The predicted molar refractivity (Wildman–Crippen MR) is 187 cm³/mol. The first-order chi connectivity index (χ1) is 22.5. The molecule has 9 nitrogen and oxygen atoms in total. The lowest BCUT2D eigenvalue weighted by atomic mass is 9.82. The summed E-state index contributed by atoms with van der Waals surface area (Å²) in [6.45, 7) is 4.83. The highest BCUT2D eigenvalue weighted by molar-refractivity contribution is 5.91. The number of aliphatic hydroxyl groups excluding tert-OH is 2. The van der Waals surface area contributed by atoms with Crippen molar-refractivity contribution < 1.29 is 24.6 Å². The van der Waals surface area contributed by atoms with Crippen molar-refractivity contribution in [1.29, 1.82) is 0 Å². The summed E-state index contributed by atoms with van der Waals surface area (Å²) >= 11 is 0. The second-order valence-corrected chi connectivity index (χ2v) is 13.0. The number of amides is 3. The lowest BCUT2D eigenvalue weighted by Gasteiger charge is -2.33. The summed E-state index contributed by atoms with van der Waals surface area (Å²) in [5.74, 6) is 6.67. The maximum Gasteiger partial charge on any atom is 0.243 e. The van der Waals surface area contributed by atoms with Crippen molar-refractivity contribution >= 4 is 17.7 Å². The fourth-order valence-corrected chi connectivity index (χ4v) is 5.93. The van der Waals surface area contributed by atoms with E-state index >= 15 is 0 Å². The highest BCUT2D eigenvalue weighted by atomic mass is 16.3. The highest BCUT2D eigenvalue weighted by Crippen LogP contribution is 2.29. The van der Waals surface area contributed by atoms with Crippen LogP contribution in [-0.4, -0.2) is 96.3 Å². The third kappa shape index (κ3) is 15.2. The van der Waals surface area contributed by atoms with E-state index in [0.717, 1.165) is 31.2 Å². The van der Waals surface area contributed by atoms with Gasteiger partial charge in [0.25, 0.3) is 0 Å². The number of terminal acetylenes is 1. The molecule has 1 fully saturated rings. The van der Waals surface area contributed by atoms with E-state index in [-0.39, 0.29) is 18.7 Å². The largest absolute Gasteiger partial charge is 0.390 e. The summed E-state index contributed by atoms with van der Waals surface area (Å²) in [7, 11) is 5.59. The van der Waals surface area contributed by atoms with Crippen molar-refractivity contribution in [3.05, 3.63) is 48.6 Å². The molecule has 0 aliphatic heterocycles. The van der Waals surface area contributed by atoms with Crippen LogP contribution in [-0.2, 0) is 20.8 Å². The second kappa shape index (κ2) is 22.0. The van der Waals surface area contributed by atoms with Gasteiger partial charge in [-0.3, -0.25) is 14.4 Å². The van der Waals surface area contributed by atoms with Crippen LogP contribution in [0.2, 0.25) is 0 Å². The van der Waals surface area contributed by atoms with Crippen LogP contribution in [0.25, 0.3) is 0 Å². The Morgan fingerprint density at radius 2 is 1.74 bits per heavy atom. The number of likely N-dealkylation sites (N-methyl/N-ethyl adjacent to an activating group) is 2. The van der Waals surface area contributed by atoms with Crippen LogP contribution in [0.5, 0.6) is 0 Å². The monoisotopic (exact) mass is 648 g/mol. The topological polar surface area (TPSA) is 122 Å². The summed E-state index contributed by atoms with van der Waals surface area (Å²) in [6.07, 6.45) is 12.0. The van der Waals surface area contributed by atoms with Gasteiger partial charge in [0.1, 0.15) is 6.04 Å². The maximum atomic E-state index is 13.9. The molecule has 0 radical (unpaired) electrons. The molecular formula is C38H56N4O5. The molecule has 1 aromatic carbocycles. The molecule has 0 saturated heterocycles. The molecule has 0 aromatic heterocycles. The van der Waals surface area contributed by atoms with Gasteiger partial charge in [-0.1, -0.05) is 80.9 Å². The SMILES string of the molecule is C#CCCC[C@H](O)[C@H](O)[C@H](CC1CCCCC1)NC(=O)[C@H](CC#CC=C)NC(=O)[C@@H](CC(=O)N(C)CCN(C)C)Cc1ccccc1. The quantitative estimate of drug-likeness (QED) is 0.135. The van der Waals surface area contributed by atoms with Crippen LogP contribution in [0, 0.1) is 36.0 Å². The lowest BCUT2D eigenvalue weighted by molar-refractivity contribution is -0.136. The van der Waals surface area contributed by atoms with E-state index in [4.69, 9.17) is 6.42 Å². The van der Waals surface area contributed by atoms with Gasteiger partial charge in [-0.15, -0.1) is 12.3 Å². The van der Waals surface area contributed by atoms with Crippen molar-refractivity contribution in [2.45, 2.75) is 101 Å². The average Bonchev–Trinajstić information content (AvgIpc) is 3.06. The summed E-state index contributed by atoms with van der Waals surface area (Å²) in [6, 6.07) is 7.71. The second-order valence-electron chi connectivity index (χ2n) is 13.0. The molecule has 0 heterocycles. The molecule has 1 saturated carbocycles. The summed E-state index contributed by atoms with van der Waals surface area (Å²) in [4.78, 5) is 44.5. The summed E-state index contributed by atoms with van der Waals surface area (Å²) in [5.41, 5.74) is 0.901. The minimum Gasteiger partial charge on any atom is -0.390 e. The molecule has 1 aromatic rings. The van der Waals surface area contributed by atoms with Crippen LogP contribution in [0.1, 0.15) is 76.2 Å². The number of allylic oxidation sites excluding steroid dienone is 1. The molecule has 4 N–H and O–H groups in total. The lowest BCUT2D eigenvalue weighted by Crippen LogP contribution is -2.56. The fraction of sp³-hybridized carbons (Fsp3) is 0.605. The van der Waals surface area contributed by atoms with Crippen LogP contribution in [0.3, 0.4) is 0 Å². The molecule has 5 atom stereocenters. The van der Waals surface area contributed by atoms with Crippen molar-refractivity contribution in [1.82, 2.24) is 20.4 Å². The Bertz CT molecular complexity index is 1210. The van der Waals surface area contributed by atoms with Crippen molar-refractivity contribution in [3.8, 4) is 24.2 Å². The molecule has 0 bridgehead atoms. The van der Waals surface area contributed by atoms with E-state index in [0.29, 0.717) is 51.1 Å². The van der Waals surface area contributed by atoms with Gasteiger partial charge >= 0.3 is 0 Å². The third-order valence-corrected chi connectivity index (χ3v) is 8.84. The van der Waals surface area contributed by atoms with Crippen molar-refractivity contribution in [2.75, 3.05) is 34.2 Å². The van der Waals surface area contributed by atoms with Crippen LogP contribution >= 0.6 is 0 Å². The molecule has 2 rings (SSSR count). The van der Waals surface area contributed by atoms with Gasteiger partial charge in [0, 0.05) is 39.4 Å². The Hall–Kier alpha value is -3.63. The molecule has 3 amide bonds. The van der Waals surface area contributed by atoms with Crippen molar-refractivity contribution in [3.63, 3.8) is 0 Å². The number of nitrogens with one attached hydrogen (secondary N) is 2. The number of hydrogen-bond acceptors (Lipinski definition) is 6. The Balaban J connectivity index is 2.28. The summed E-state index contributed by atoms with van der Waals surface area (Å²) in [5, 5.41) is 27.9. The molecule has 1 aliphatic rings. The first kappa shape index (κ1) is 39.5.